The Balaban J connectivity index is 1.22. The summed E-state index contributed by atoms with van der Waals surface area (Å²) in [5.74, 6) is 0. The molecule has 48 heavy (non-hydrogen) atoms. The van der Waals surface area contributed by atoms with E-state index in [2.05, 4.69) is 182 Å². The van der Waals surface area contributed by atoms with Crippen LogP contribution >= 0.6 is 0 Å². The number of hydrogen-bond acceptors (Lipinski definition) is 0. The van der Waals surface area contributed by atoms with Crippen molar-refractivity contribution in [2.75, 3.05) is 0 Å². The van der Waals surface area contributed by atoms with Gasteiger partial charge in [0.05, 0.1) is 0 Å². The molecule has 0 atom stereocenters. The van der Waals surface area contributed by atoms with Gasteiger partial charge in [-0.25, -0.2) is 0 Å². The van der Waals surface area contributed by atoms with E-state index in [0.717, 1.165) is 0 Å². The molecule has 10 aromatic rings. The molecule has 0 bridgehead atoms. The molecular formula is C48H30. The molecule has 0 nitrogen and oxygen atoms in total. The Kier molecular flexibility index (Phi) is 5.98. The molecule has 222 valence electrons. The summed E-state index contributed by atoms with van der Waals surface area (Å²) in [5.41, 5.74) is 7.56. The zero-order valence-corrected chi connectivity index (χ0v) is 26.3. The van der Waals surface area contributed by atoms with E-state index in [4.69, 9.17) is 0 Å². The minimum atomic E-state index is 1.23. The molecule has 0 spiro atoms. The van der Waals surface area contributed by atoms with Crippen molar-refractivity contribution < 1.29 is 0 Å². The molecule has 0 aliphatic rings. The lowest BCUT2D eigenvalue weighted by molar-refractivity contribution is 1.64. The van der Waals surface area contributed by atoms with Crippen molar-refractivity contribution in [1.29, 1.82) is 0 Å². The Labute approximate surface area is 279 Å². The summed E-state index contributed by atoms with van der Waals surface area (Å²) in [5, 5.41) is 15.3. The van der Waals surface area contributed by atoms with E-state index in [0.29, 0.717) is 0 Å². The molecule has 10 aromatic carbocycles. The SMILES string of the molecule is c1cc(-c2c3ccccc3c(-c3cccc4ccccc34)c3ccccc23)cc(-c2cccc3c2ccc2cc4ccccc4cc23)c1. The van der Waals surface area contributed by atoms with Crippen LogP contribution in [0.5, 0.6) is 0 Å². The molecule has 0 radical (unpaired) electrons. The molecular weight excluding hydrogens is 577 g/mol. The standard InChI is InChI=1S/C48H30/c1-2-14-33-30-46-35(28-32(33)13-1)26-27-40-38(23-11-24-39(40)46)34-16-9-17-36(29-34)47-42-19-5-7-21-44(42)48(45-22-8-6-20-43(45)47)41-25-10-15-31-12-3-4-18-37(31)41/h1-30H. The van der Waals surface area contributed by atoms with Crippen LogP contribution in [-0.4, -0.2) is 0 Å². The summed E-state index contributed by atoms with van der Waals surface area (Å²) < 4.78 is 0. The maximum absolute atomic E-state index is 2.39. The summed E-state index contributed by atoms with van der Waals surface area (Å²) in [6, 6.07) is 67.1. The fourth-order valence-electron chi connectivity index (χ4n) is 8.05. The number of benzene rings is 10. The van der Waals surface area contributed by atoms with Gasteiger partial charge in [0.15, 0.2) is 0 Å². The second kappa shape index (κ2) is 10.7. The van der Waals surface area contributed by atoms with Crippen molar-refractivity contribution >= 4 is 64.6 Å². The molecule has 0 unspecified atom stereocenters. The summed E-state index contributed by atoms with van der Waals surface area (Å²) in [6.07, 6.45) is 0. The Morgan fingerprint density at radius 3 is 1.48 bits per heavy atom. The van der Waals surface area contributed by atoms with E-state index in [1.54, 1.807) is 0 Å². The monoisotopic (exact) mass is 606 g/mol. The van der Waals surface area contributed by atoms with Crippen LogP contribution in [-0.2, 0) is 0 Å². The van der Waals surface area contributed by atoms with Gasteiger partial charge in [-0.15, -0.1) is 0 Å². The fraction of sp³-hybridized carbons (Fsp3) is 0. The third-order valence-electron chi connectivity index (χ3n) is 10.2. The first-order valence-electron chi connectivity index (χ1n) is 16.7. The molecule has 0 heteroatoms. The molecule has 10 rings (SSSR count). The quantitative estimate of drug-likeness (QED) is 0.139. The van der Waals surface area contributed by atoms with E-state index in [9.17, 15) is 0 Å². The van der Waals surface area contributed by atoms with Gasteiger partial charge in [0, 0.05) is 0 Å². The van der Waals surface area contributed by atoms with Gasteiger partial charge in [-0.05, 0) is 116 Å². The molecule has 0 aromatic heterocycles. The van der Waals surface area contributed by atoms with E-state index < -0.39 is 0 Å². The second-order valence-electron chi connectivity index (χ2n) is 12.8. The van der Waals surface area contributed by atoms with Crippen molar-refractivity contribution in [1.82, 2.24) is 0 Å². The molecule has 0 fully saturated rings. The highest BCUT2D eigenvalue weighted by Gasteiger charge is 2.18. The zero-order valence-electron chi connectivity index (χ0n) is 26.3. The highest BCUT2D eigenvalue weighted by atomic mass is 14.2. The normalized spacial score (nSPS) is 11.8. The number of rotatable bonds is 3. The molecule has 0 N–H and O–H groups in total. The number of fused-ring (bicyclic) bond motifs is 7. The second-order valence-corrected chi connectivity index (χ2v) is 12.8. The lowest BCUT2D eigenvalue weighted by atomic mass is 9.84. The lowest BCUT2D eigenvalue weighted by Gasteiger charge is -2.19. The third kappa shape index (κ3) is 4.10. The van der Waals surface area contributed by atoms with Crippen molar-refractivity contribution in [2.24, 2.45) is 0 Å². The maximum atomic E-state index is 2.39. The predicted molar refractivity (Wildman–Crippen MR) is 208 cm³/mol. The summed E-state index contributed by atoms with van der Waals surface area (Å²) in [7, 11) is 0. The summed E-state index contributed by atoms with van der Waals surface area (Å²) in [6.45, 7) is 0. The molecule has 0 saturated carbocycles. The van der Waals surface area contributed by atoms with Crippen LogP contribution in [0.4, 0.5) is 0 Å². The van der Waals surface area contributed by atoms with Crippen molar-refractivity contribution in [3.8, 4) is 33.4 Å². The van der Waals surface area contributed by atoms with Crippen LogP contribution in [0.1, 0.15) is 0 Å². The van der Waals surface area contributed by atoms with Gasteiger partial charge in [-0.3, -0.25) is 0 Å². The van der Waals surface area contributed by atoms with Gasteiger partial charge in [0.2, 0.25) is 0 Å². The summed E-state index contributed by atoms with van der Waals surface area (Å²) >= 11 is 0. The van der Waals surface area contributed by atoms with E-state index in [-0.39, 0.29) is 0 Å². The van der Waals surface area contributed by atoms with E-state index >= 15 is 0 Å². The average molecular weight is 607 g/mol. The van der Waals surface area contributed by atoms with Crippen LogP contribution in [0, 0.1) is 0 Å². The van der Waals surface area contributed by atoms with Gasteiger partial charge >= 0.3 is 0 Å². The minimum Gasteiger partial charge on any atom is -0.0616 e. The summed E-state index contributed by atoms with van der Waals surface area (Å²) in [4.78, 5) is 0. The van der Waals surface area contributed by atoms with Gasteiger partial charge in [0.1, 0.15) is 0 Å². The predicted octanol–water partition coefficient (Wildman–Crippen LogP) is 13.6. The molecule has 0 saturated heterocycles. The van der Waals surface area contributed by atoms with Gasteiger partial charge in [0.25, 0.3) is 0 Å². The Morgan fingerprint density at radius 1 is 0.208 bits per heavy atom. The molecule has 0 heterocycles. The first-order valence-corrected chi connectivity index (χ1v) is 16.7. The van der Waals surface area contributed by atoms with Crippen LogP contribution < -0.4 is 0 Å². The first-order chi connectivity index (χ1) is 23.8. The van der Waals surface area contributed by atoms with Crippen LogP contribution in [0.15, 0.2) is 182 Å². The van der Waals surface area contributed by atoms with E-state index in [1.807, 2.05) is 0 Å². The first kappa shape index (κ1) is 26.9. The van der Waals surface area contributed by atoms with Crippen LogP contribution in [0.25, 0.3) is 98.0 Å². The fourth-order valence-corrected chi connectivity index (χ4v) is 8.05. The highest BCUT2D eigenvalue weighted by Crippen LogP contribution is 2.46. The highest BCUT2D eigenvalue weighted by molar-refractivity contribution is 6.24. The average Bonchev–Trinajstić information content (AvgIpc) is 3.15. The Hall–Kier alpha value is -6.24. The molecule has 0 aliphatic carbocycles. The topological polar surface area (TPSA) is 0 Å². The Bertz CT molecular complexity index is 2830. The van der Waals surface area contributed by atoms with Crippen LogP contribution in [0.2, 0.25) is 0 Å². The minimum absolute atomic E-state index is 1.23. The van der Waals surface area contributed by atoms with Crippen molar-refractivity contribution in [3.05, 3.63) is 182 Å². The lowest BCUT2D eigenvalue weighted by Crippen LogP contribution is -1.92. The van der Waals surface area contributed by atoms with E-state index in [1.165, 1.54) is 98.0 Å². The Morgan fingerprint density at radius 2 is 0.729 bits per heavy atom. The third-order valence-corrected chi connectivity index (χ3v) is 10.2. The van der Waals surface area contributed by atoms with Crippen molar-refractivity contribution in [2.45, 2.75) is 0 Å². The smallest absolute Gasteiger partial charge is 0.00201 e. The number of hydrogen-bond donors (Lipinski definition) is 0. The zero-order chi connectivity index (χ0) is 31.6. The molecule has 0 amide bonds. The maximum Gasteiger partial charge on any atom is -0.00201 e. The molecule has 0 aliphatic heterocycles. The van der Waals surface area contributed by atoms with Crippen LogP contribution in [0.3, 0.4) is 0 Å². The van der Waals surface area contributed by atoms with Gasteiger partial charge in [-0.2, -0.15) is 0 Å². The van der Waals surface area contributed by atoms with Gasteiger partial charge in [-0.1, -0.05) is 164 Å². The van der Waals surface area contributed by atoms with Gasteiger partial charge < -0.3 is 0 Å². The van der Waals surface area contributed by atoms with Crippen molar-refractivity contribution in [3.63, 3.8) is 0 Å². The largest absolute Gasteiger partial charge is 0.0616 e.